The van der Waals surface area contributed by atoms with Crippen LogP contribution in [0.4, 0.5) is 0 Å². The van der Waals surface area contributed by atoms with Crippen LogP contribution in [0, 0.1) is 5.92 Å². The fraction of sp³-hybridized carbons (Fsp3) is 0.286. The van der Waals surface area contributed by atoms with Crippen LogP contribution in [0.1, 0.15) is 29.8 Å². The van der Waals surface area contributed by atoms with Crippen LogP contribution in [0.3, 0.4) is 0 Å². The van der Waals surface area contributed by atoms with Gasteiger partial charge in [-0.05, 0) is 17.7 Å². The highest BCUT2D eigenvalue weighted by Crippen LogP contribution is 2.12. The summed E-state index contributed by atoms with van der Waals surface area (Å²) in [6.07, 6.45) is 3.14. The number of methoxy groups -OCH3 is 1. The first-order valence-electron chi connectivity index (χ1n) is 5.45. The van der Waals surface area contributed by atoms with E-state index in [-0.39, 0.29) is 11.7 Å². The number of carbonyl (C=O) groups excluding carboxylic acids is 2. The highest BCUT2D eigenvalue weighted by Gasteiger charge is 2.09. The molecule has 0 spiro atoms. The molecule has 1 aromatic carbocycles. The Morgan fingerprint density at radius 2 is 1.88 bits per heavy atom. The molecule has 3 nitrogen and oxygen atoms in total. The number of carbonyl (C=O) groups is 2. The van der Waals surface area contributed by atoms with Crippen molar-refractivity contribution in [2.45, 2.75) is 13.8 Å². The molecule has 0 bridgehead atoms. The molecule has 3 heteroatoms. The smallest absolute Gasteiger partial charge is 0.338 e. The summed E-state index contributed by atoms with van der Waals surface area (Å²) in [5, 5.41) is 0. The minimum absolute atomic E-state index is 0.0321. The van der Waals surface area contributed by atoms with E-state index >= 15 is 0 Å². The third-order valence-electron chi connectivity index (χ3n) is 2.36. The van der Waals surface area contributed by atoms with Crippen molar-refractivity contribution >= 4 is 17.8 Å². The molecule has 0 fully saturated rings. The molecule has 0 heterocycles. The number of rotatable bonds is 4. The van der Waals surface area contributed by atoms with Crippen molar-refractivity contribution in [2.75, 3.05) is 7.11 Å². The second kappa shape index (κ2) is 5.99. The SMILES string of the molecule is COC(=O)c1ccccc1/C=C/C(=O)C(C)C. The zero-order valence-corrected chi connectivity index (χ0v) is 10.3. The largest absolute Gasteiger partial charge is 0.465 e. The molecule has 17 heavy (non-hydrogen) atoms. The van der Waals surface area contributed by atoms with Crippen molar-refractivity contribution < 1.29 is 14.3 Å². The summed E-state index contributed by atoms with van der Waals surface area (Å²) in [7, 11) is 1.34. The molecule has 0 saturated heterocycles. The Balaban J connectivity index is 2.99. The van der Waals surface area contributed by atoms with Crippen LogP contribution in [-0.4, -0.2) is 18.9 Å². The molecule has 0 aromatic heterocycles. The zero-order chi connectivity index (χ0) is 12.8. The van der Waals surface area contributed by atoms with E-state index in [1.165, 1.54) is 13.2 Å². The predicted molar refractivity (Wildman–Crippen MR) is 66.7 cm³/mol. The summed E-state index contributed by atoms with van der Waals surface area (Å²) in [5.74, 6) is -0.413. The summed E-state index contributed by atoms with van der Waals surface area (Å²) >= 11 is 0. The third kappa shape index (κ3) is 3.55. The molecule has 90 valence electrons. The first-order valence-corrected chi connectivity index (χ1v) is 5.45. The van der Waals surface area contributed by atoms with Crippen molar-refractivity contribution in [1.29, 1.82) is 0 Å². The average molecular weight is 232 g/mol. The van der Waals surface area contributed by atoms with Gasteiger partial charge in [0, 0.05) is 5.92 Å². The lowest BCUT2D eigenvalue weighted by Gasteiger charge is -2.03. The molecule has 0 unspecified atom stereocenters. The quantitative estimate of drug-likeness (QED) is 0.592. The van der Waals surface area contributed by atoms with Crippen molar-refractivity contribution in [1.82, 2.24) is 0 Å². The van der Waals surface area contributed by atoms with Crippen LogP contribution in [0.25, 0.3) is 6.08 Å². The third-order valence-corrected chi connectivity index (χ3v) is 2.36. The monoisotopic (exact) mass is 232 g/mol. The lowest BCUT2D eigenvalue weighted by atomic mass is 10.0. The van der Waals surface area contributed by atoms with Crippen molar-refractivity contribution in [2.24, 2.45) is 5.92 Å². The van der Waals surface area contributed by atoms with Crippen LogP contribution in [-0.2, 0) is 9.53 Å². The number of ketones is 1. The molecule has 0 N–H and O–H groups in total. The number of hydrogen-bond acceptors (Lipinski definition) is 3. The summed E-state index contributed by atoms with van der Waals surface area (Å²) < 4.78 is 4.67. The van der Waals surface area contributed by atoms with E-state index in [9.17, 15) is 9.59 Å². The maximum Gasteiger partial charge on any atom is 0.338 e. The number of allylic oxidation sites excluding steroid dienone is 1. The van der Waals surface area contributed by atoms with Gasteiger partial charge in [0.05, 0.1) is 12.7 Å². The zero-order valence-electron chi connectivity index (χ0n) is 10.3. The molecule has 0 saturated carbocycles. The van der Waals surface area contributed by atoms with Gasteiger partial charge in [0.2, 0.25) is 0 Å². The summed E-state index contributed by atoms with van der Waals surface area (Å²) in [5.41, 5.74) is 1.15. The Hall–Kier alpha value is -1.90. The van der Waals surface area contributed by atoms with Crippen molar-refractivity contribution in [3.63, 3.8) is 0 Å². The van der Waals surface area contributed by atoms with Crippen molar-refractivity contribution in [3.8, 4) is 0 Å². The van der Waals surface area contributed by atoms with Crippen LogP contribution in [0.15, 0.2) is 30.3 Å². The summed E-state index contributed by atoms with van der Waals surface area (Å²) in [6, 6.07) is 7.02. The van der Waals surface area contributed by atoms with E-state index in [2.05, 4.69) is 4.74 Å². The Bertz CT molecular complexity index is 445. The minimum atomic E-state index is -0.401. The van der Waals surface area contributed by atoms with Crippen LogP contribution >= 0.6 is 0 Å². The van der Waals surface area contributed by atoms with Gasteiger partial charge < -0.3 is 4.74 Å². The standard InChI is InChI=1S/C14H16O3/c1-10(2)13(15)9-8-11-6-4-5-7-12(11)14(16)17-3/h4-10H,1-3H3/b9-8+. The summed E-state index contributed by atoms with van der Waals surface area (Å²) in [6.45, 7) is 3.66. The van der Waals surface area contributed by atoms with Gasteiger partial charge in [-0.3, -0.25) is 4.79 Å². The van der Waals surface area contributed by atoms with E-state index in [1.807, 2.05) is 19.9 Å². The van der Waals surface area contributed by atoms with Gasteiger partial charge in [0.25, 0.3) is 0 Å². The lowest BCUT2D eigenvalue weighted by molar-refractivity contribution is -0.117. The normalized spacial score (nSPS) is 10.8. The molecule has 0 atom stereocenters. The topological polar surface area (TPSA) is 43.4 Å². The van der Waals surface area contributed by atoms with Gasteiger partial charge in [-0.1, -0.05) is 38.1 Å². The van der Waals surface area contributed by atoms with E-state index in [0.717, 1.165) is 0 Å². The summed E-state index contributed by atoms with van der Waals surface area (Å²) in [4.78, 5) is 22.9. The van der Waals surface area contributed by atoms with Gasteiger partial charge in [0.1, 0.15) is 0 Å². The van der Waals surface area contributed by atoms with Gasteiger partial charge in [-0.25, -0.2) is 4.79 Å². The van der Waals surface area contributed by atoms with Crippen molar-refractivity contribution in [3.05, 3.63) is 41.5 Å². The predicted octanol–water partition coefficient (Wildman–Crippen LogP) is 2.71. The molecular formula is C14H16O3. The number of ether oxygens (including phenoxy) is 1. The molecule has 0 amide bonds. The van der Waals surface area contributed by atoms with Gasteiger partial charge in [-0.2, -0.15) is 0 Å². The molecule has 1 rings (SSSR count). The molecule has 0 aliphatic rings. The molecular weight excluding hydrogens is 216 g/mol. The maximum atomic E-state index is 11.5. The van der Waals surface area contributed by atoms with E-state index < -0.39 is 5.97 Å². The Morgan fingerprint density at radius 1 is 1.24 bits per heavy atom. The fourth-order valence-corrected chi connectivity index (χ4v) is 1.30. The second-order valence-corrected chi connectivity index (χ2v) is 3.97. The second-order valence-electron chi connectivity index (χ2n) is 3.97. The Morgan fingerprint density at radius 3 is 2.47 bits per heavy atom. The Kier molecular flexibility index (Phi) is 4.64. The maximum absolute atomic E-state index is 11.5. The van der Waals surface area contributed by atoms with Gasteiger partial charge >= 0.3 is 5.97 Å². The first-order chi connectivity index (χ1) is 8.06. The average Bonchev–Trinajstić information content (AvgIpc) is 2.35. The van der Waals surface area contributed by atoms with Crippen LogP contribution in [0.2, 0.25) is 0 Å². The minimum Gasteiger partial charge on any atom is -0.465 e. The molecule has 0 aliphatic heterocycles. The van der Waals surface area contributed by atoms with Gasteiger partial charge in [0.15, 0.2) is 5.78 Å². The number of esters is 1. The number of hydrogen-bond donors (Lipinski definition) is 0. The van der Waals surface area contributed by atoms with E-state index in [4.69, 9.17) is 0 Å². The van der Waals surface area contributed by atoms with E-state index in [0.29, 0.717) is 11.1 Å². The van der Waals surface area contributed by atoms with Crippen LogP contribution in [0.5, 0.6) is 0 Å². The molecule has 1 aromatic rings. The Labute approximate surface area is 101 Å². The highest BCUT2D eigenvalue weighted by atomic mass is 16.5. The van der Waals surface area contributed by atoms with E-state index in [1.54, 1.807) is 24.3 Å². The van der Waals surface area contributed by atoms with Gasteiger partial charge in [-0.15, -0.1) is 0 Å². The molecule has 0 radical (unpaired) electrons. The number of benzene rings is 1. The lowest BCUT2D eigenvalue weighted by Crippen LogP contribution is -2.04. The molecule has 0 aliphatic carbocycles. The fourth-order valence-electron chi connectivity index (χ4n) is 1.30. The van der Waals surface area contributed by atoms with Crippen LogP contribution < -0.4 is 0 Å². The first kappa shape index (κ1) is 13.2. The highest BCUT2D eigenvalue weighted by molar-refractivity contribution is 5.98.